The number of carbonyl (C=O) groups excluding carboxylic acids is 3. The quantitative estimate of drug-likeness (QED) is 0.742. The van der Waals surface area contributed by atoms with E-state index >= 15 is 0 Å². The van der Waals surface area contributed by atoms with E-state index in [1.807, 2.05) is 30.3 Å². The Labute approximate surface area is 180 Å². The Balaban J connectivity index is 1.46. The van der Waals surface area contributed by atoms with E-state index in [1.54, 1.807) is 24.3 Å². The fourth-order valence-corrected chi connectivity index (χ4v) is 5.86. The van der Waals surface area contributed by atoms with Crippen LogP contribution in [-0.2, 0) is 20.8 Å². The number of nitrogens with one attached hydrogen (secondary N) is 1. The summed E-state index contributed by atoms with van der Waals surface area (Å²) in [5.41, 5.74) is 1.45. The molecule has 3 fully saturated rings. The number of likely N-dealkylation sites (tertiary alicyclic amines) is 1. The first-order chi connectivity index (χ1) is 14.5. The van der Waals surface area contributed by atoms with Crippen molar-refractivity contribution in [2.45, 2.75) is 31.7 Å². The molecule has 30 heavy (non-hydrogen) atoms. The number of nitrogens with zero attached hydrogens (tertiary/aromatic N) is 1. The van der Waals surface area contributed by atoms with Gasteiger partial charge in [0.25, 0.3) is 0 Å². The molecule has 0 spiro atoms. The number of hydrogen-bond acceptors (Lipinski definition) is 3. The van der Waals surface area contributed by atoms with Crippen LogP contribution in [0.15, 0.2) is 54.6 Å². The number of halogens is 1. The Kier molecular flexibility index (Phi) is 4.86. The molecule has 5 atom stereocenters. The molecule has 2 aromatic carbocycles. The summed E-state index contributed by atoms with van der Waals surface area (Å²) in [7, 11) is 0. The van der Waals surface area contributed by atoms with Crippen LogP contribution in [0, 0.1) is 23.7 Å². The number of fused-ring (bicyclic) bond motifs is 5. The first-order valence-corrected chi connectivity index (χ1v) is 10.9. The lowest BCUT2D eigenvalue weighted by Crippen LogP contribution is -2.49. The van der Waals surface area contributed by atoms with Gasteiger partial charge in [0.1, 0.15) is 6.04 Å². The molecule has 2 saturated carbocycles. The minimum Gasteiger partial charge on any atom is -0.324 e. The van der Waals surface area contributed by atoms with Gasteiger partial charge in [-0.1, -0.05) is 48.0 Å². The van der Waals surface area contributed by atoms with Crippen molar-refractivity contribution in [3.63, 3.8) is 0 Å². The molecular formula is C24H23ClN2O3. The van der Waals surface area contributed by atoms with Gasteiger partial charge in [-0.05, 0) is 54.9 Å². The fraction of sp³-hybridized carbons (Fsp3) is 0.375. The molecule has 5 nitrogen and oxygen atoms in total. The van der Waals surface area contributed by atoms with Crippen LogP contribution in [0.2, 0.25) is 5.02 Å². The summed E-state index contributed by atoms with van der Waals surface area (Å²) < 4.78 is 0. The fourth-order valence-electron chi connectivity index (χ4n) is 5.67. The van der Waals surface area contributed by atoms with Crippen molar-refractivity contribution in [2.75, 3.05) is 5.32 Å². The van der Waals surface area contributed by atoms with Gasteiger partial charge in [0.05, 0.1) is 11.8 Å². The SMILES string of the molecule is O=C(Nc1cccc(Cl)c1)[C@H](Cc1ccccc1)N1C(=O)[C@H]2[C@@H]3CC[C@H](C3)[C@@H]2C1=O. The van der Waals surface area contributed by atoms with E-state index in [0.29, 0.717) is 17.1 Å². The lowest BCUT2D eigenvalue weighted by Gasteiger charge is -2.27. The molecule has 2 bridgehead atoms. The predicted octanol–water partition coefficient (Wildman–Crippen LogP) is 3.92. The van der Waals surface area contributed by atoms with Crippen molar-refractivity contribution in [2.24, 2.45) is 23.7 Å². The average molecular weight is 423 g/mol. The maximum atomic E-state index is 13.3. The zero-order valence-corrected chi connectivity index (χ0v) is 17.2. The second-order valence-electron chi connectivity index (χ2n) is 8.64. The first-order valence-electron chi connectivity index (χ1n) is 10.5. The van der Waals surface area contributed by atoms with Gasteiger partial charge in [-0.3, -0.25) is 19.3 Å². The second-order valence-corrected chi connectivity index (χ2v) is 9.07. The molecule has 0 unspecified atom stereocenters. The molecule has 6 heteroatoms. The molecule has 154 valence electrons. The third-order valence-corrected chi connectivity index (χ3v) is 7.18. The molecule has 1 N–H and O–H groups in total. The molecule has 2 aromatic rings. The Hall–Kier alpha value is -2.66. The highest BCUT2D eigenvalue weighted by atomic mass is 35.5. The topological polar surface area (TPSA) is 66.5 Å². The van der Waals surface area contributed by atoms with Gasteiger partial charge < -0.3 is 5.32 Å². The maximum Gasteiger partial charge on any atom is 0.248 e. The molecule has 0 aromatic heterocycles. The van der Waals surface area contributed by atoms with Gasteiger partial charge in [-0.2, -0.15) is 0 Å². The summed E-state index contributed by atoms with van der Waals surface area (Å²) in [4.78, 5) is 41.2. The highest BCUT2D eigenvalue weighted by Gasteiger charge is 2.62. The number of rotatable bonds is 5. The molecule has 3 amide bonds. The summed E-state index contributed by atoms with van der Waals surface area (Å²) in [5.74, 6) is -0.611. The Morgan fingerprint density at radius 3 is 2.30 bits per heavy atom. The van der Waals surface area contributed by atoms with E-state index in [-0.39, 0.29) is 41.4 Å². The zero-order chi connectivity index (χ0) is 20.8. The van der Waals surface area contributed by atoms with Gasteiger partial charge in [-0.25, -0.2) is 0 Å². The Morgan fingerprint density at radius 2 is 1.67 bits per heavy atom. The molecular weight excluding hydrogens is 400 g/mol. The number of hydrogen-bond donors (Lipinski definition) is 1. The maximum absolute atomic E-state index is 13.3. The third kappa shape index (κ3) is 3.21. The summed E-state index contributed by atoms with van der Waals surface area (Å²) in [6.07, 6.45) is 3.28. The normalized spacial score (nSPS) is 28.0. The minimum atomic E-state index is -0.878. The number of anilines is 1. The van der Waals surface area contributed by atoms with E-state index in [0.717, 1.165) is 24.8 Å². The van der Waals surface area contributed by atoms with Crippen LogP contribution < -0.4 is 5.32 Å². The van der Waals surface area contributed by atoms with E-state index < -0.39 is 6.04 Å². The molecule has 5 rings (SSSR count). The molecule has 1 saturated heterocycles. The van der Waals surface area contributed by atoms with E-state index in [2.05, 4.69) is 5.32 Å². The summed E-state index contributed by atoms with van der Waals surface area (Å²) in [6.45, 7) is 0. The monoisotopic (exact) mass is 422 g/mol. The average Bonchev–Trinajstić information content (AvgIpc) is 3.41. The Bertz CT molecular complexity index is 981. The van der Waals surface area contributed by atoms with Crippen molar-refractivity contribution in [1.82, 2.24) is 4.90 Å². The largest absolute Gasteiger partial charge is 0.324 e. The van der Waals surface area contributed by atoms with Gasteiger partial charge in [0.2, 0.25) is 17.7 Å². The van der Waals surface area contributed by atoms with Crippen LogP contribution in [0.5, 0.6) is 0 Å². The van der Waals surface area contributed by atoms with Crippen molar-refractivity contribution in [1.29, 1.82) is 0 Å². The molecule has 2 aliphatic carbocycles. The van der Waals surface area contributed by atoms with Crippen LogP contribution in [0.1, 0.15) is 24.8 Å². The number of carbonyl (C=O) groups is 3. The van der Waals surface area contributed by atoms with E-state index in [4.69, 9.17) is 11.6 Å². The Morgan fingerprint density at radius 1 is 1.00 bits per heavy atom. The summed E-state index contributed by atoms with van der Waals surface area (Å²) in [5, 5.41) is 3.36. The van der Waals surface area contributed by atoms with Crippen LogP contribution in [0.25, 0.3) is 0 Å². The van der Waals surface area contributed by atoms with Crippen molar-refractivity contribution >= 4 is 35.0 Å². The van der Waals surface area contributed by atoms with Crippen molar-refractivity contribution in [3.05, 3.63) is 65.2 Å². The minimum absolute atomic E-state index is 0.167. The third-order valence-electron chi connectivity index (χ3n) is 6.94. The molecule has 0 radical (unpaired) electrons. The summed E-state index contributed by atoms with van der Waals surface area (Å²) in [6, 6.07) is 15.5. The molecule has 1 aliphatic heterocycles. The van der Waals surface area contributed by atoms with Gasteiger partial charge in [-0.15, -0.1) is 0 Å². The first kappa shape index (κ1) is 19.3. The van der Waals surface area contributed by atoms with Crippen LogP contribution in [0.4, 0.5) is 5.69 Å². The summed E-state index contributed by atoms with van der Waals surface area (Å²) >= 11 is 6.04. The predicted molar refractivity (Wildman–Crippen MR) is 114 cm³/mol. The molecule has 3 aliphatic rings. The number of benzene rings is 2. The van der Waals surface area contributed by atoms with Crippen LogP contribution in [-0.4, -0.2) is 28.7 Å². The van der Waals surface area contributed by atoms with E-state index in [9.17, 15) is 14.4 Å². The lowest BCUT2D eigenvalue weighted by molar-refractivity contribution is -0.147. The van der Waals surface area contributed by atoms with Crippen LogP contribution >= 0.6 is 11.6 Å². The van der Waals surface area contributed by atoms with E-state index in [1.165, 1.54) is 4.90 Å². The van der Waals surface area contributed by atoms with Crippen molar-refractivity contribution in [3.8, 4) is 0 Å². The zero-order valence-electron chi connectivity index (χ0n) is 16.5. The van der Waals surface area contributed by atoms with Crippen molar-refractivity contribution < 1.29 is 14.4 Å². The van der Waals surface area contributed by atoms with Gasteiger partial charge in [0, 0.05) is 17.1 Å². The lowest BCUT2D eigenvalue weighted by atomic mass is 9.81. The second kappa shape index (κ2) is 7.55. The molecule has 1 heterocycles. The van der Waals surface area contributed by atoms with Gasteiger partial charge >= 0.3 is 0 Å². The van der Waals surface area contributed by atoms with Gasteiger partial charge in [0.15, 0.2) is 0 Å². The number of imide groups is 1. The highest BCUT2D eigenvalue weighted by Crippen LogP contribution is 2.56. The highest BCUT2D eigenvalue weighted by molar-refractivity contribution is 6.30. The number of amides is 3. The standard InChI is InChI=1S/C24H23ClN2O3/c25-17-7-4-8-18(13-17)26-22(28)19(11-14-5-2-1-3-6-14)27-23(29)20-15-9-10-16(12-15)21(20)24(27)30/h1-8,13,15-16,19-21H,9-12H2,(H,26,28)/t15-,16-,19+,20+,21+/m1/s1. The van der Waals surface area contributed by atoms with Crippen LogP contribution in [0.3, 0.4) is 0 Å². The smallest absolute Gasteiger partial charge is 0.248 e.